The Kier molecular flexibility index (Phi) is 4.66. The number of hydrogen-bond acceptors (Lipinski definition) is 5. The van der Waals surface area contributed by atoms with Crippen LogP contribution in [0.15, 0.2) is 40.6 Å². The number of nitrogens with one attached hydrogen (secondary N) is 2. The third kappa shape index (κ3) is 3.92. The summed E-state index contributed by atoms with van der Waals surface area (Å²) in [6.07, 6.45) is 7.55. The Bertz CT molecular complexity index is 982. The molecule has 4 saturated carbocycles. The molecular weight excluding hydrogens is 406 g/mol. The summed E-state index contributed by atoms with van der Waals surface area (Å²) in [5, 5.41) is 5.38. The number of sulfonamides is 1. The van der Waals surface area contributed by atoms with Gasteiger partial charge in [0.2, 0.25) is 5.91 Å². The summed E-state index contributed by atoms with van der Waals surface area (Å²) in [5.74, 6) is 2.33. The van der Waals surface area contributed by atoms with E-state index in [0.29, 0.717) is 5.69 Å². The molecule has 4 aliphatic rings. The predicted molar refractivity (Wildman–Crippen MR) is 112 cm³/mol. The normalized spacial score (nSPS) is 30.3. The lowest BCUT2D eigenvalue weighted by Gasteiger charge is -2.56. The van der Waals surface area contributed by atoms with E-state index in [1.54, 1.807) is 23.6 Å². The van der Waals surface area contributed by atoms with E-state index in [1.807, 2.05) is 0 Å². The molecule has 6 nitrogen and oxygen atoms in total. The standard InChI is InChI=1S/C21H25N3O3S2/c25-19(23-21-10-14-6-15(11-21)8-16(7-14)12-21)9-17-13-28-20(22-17)24-29(26,27)18-4-2-1-3-5-18/h1-5,13-16H,6-12H2,(H,22,24)(H,23,25). The number of amides is 1. The fourth-order valence-corrected chi connectivity index (χ4v) is 7.96. The van der Waals surface area contributed by atoms with E-state index in [-0.39, 0.29) is 27.9 Å². The second kappa shape index (κ2) is 7.09. The first-order valence-electron chi connectivity index (χ1n) is 10.2. The molecule has 8 heteroatoms. The van der Waals surface area contributed by atoms with Crippen molar-refractivity contribution in [2.24, 2.45) is 17.8 Å². The van der Waals surface area contributed by atoms with Gasteiger partial charge in [-0.3, -0.25) is 9.52 Å². The van der Waals surface area contributed by atoms with E-state index in [4.69, 9.17) is 0 Å². The third-order valence-electron chi connectivity index (χ3n) is 6.61. The van der Waals surface area contributed by atoms with Crippen molar-refractivity contribution in [3.05, 3.63) is 41.4 Å². The van der Waals surface area contributed by atoms with Crippen molar-refractivity contribution in [3.63, 3.8) is 0 Å². The van der Waals surface area contributed by atoms with Crippen molar-refractivity contribution < 1.29 is 13.2 Å². The quantitative estimate of drug-likeness (QED) is 0.732. The van der Waals surface area contributed by atoms with Crippen molar-refractivity contribution >= 4 is 32.4 Å². The summed E-state index contributed by atoms with van der Waals surface area (Å²) >= 11 is 1.20. The smallest absolute Gasteiger partial charge is 0.263 e. The van der Waals surface area contributed by atoms with Gasteiger partial charge in [-0.15, -0.1) is 11.3 Å². The van der Waals surface area contributed by atoms with Gasteiger partial charge in [-0.1, -0.05) is 18.2 Å². The molecular formula is C21H25N3O3S2. The molecule has 0 unspecified atom stereocenters. The molecule has 0 spiro atoms. The Hall–Kier alpha value is -1.93. The average Bonchev–Trinajstić information content (AvgIpc) is 3.06. The molecule has 1 aromatic heterocycles. The maximum Gasteiger partial charge on any atom is 0.263 e. The van der Waals surface area contributed by atoms with Crippen LogP contribution in [0.25, 0.3) is 0 Å². The van der Waals surface area contributed by atoms with Gasteiger partial charge >= 0.3 is 0 Å². The zero-order chi connectivity index (χ0) is 20.1. The maximum absolute atomic E-state index is 12.7. The number of carbonyl (C=O) groups excluding carboxylic acids is 1. The average molecular weight is 432 g/mol. The lowest BCUT2D eigenvalue weighted by Crippen LogP contribution is -2.60. The molecule has 1 amide bonds. The number of carbonyl (C=O) groups is 1. The van der Waals surface area contributed by atoms with Crippen LogP contribution in [-0.4, -0.2) is 24.8 Å². The fourth-order valence-electron chi connectivity index (χ4n) is 5.98. The lowest BCUT2D eigenvalue weighted by molar-refractivity contribution is -0.126. The SMILES string of the molecule is O=C(Cc1csc(NS(=O)(=O)c2ccccc2)n1)NC12CC3CC(CC(C3)C1)C2. The predicted octanol–water partition coefficient (Wildman–Crippen LogP) is 3.57. The van der Waals surface area contributed by atoms with Gasteiger partial charge in [0.25, 0.3) is 10.0 Å². The van der Waals surface area contributed by atoms with Gasteiger partial charge in [0.15, 0.2) is 5.13 Å². The van der Waals surface area contributed by atoms with Crippen LogP contribution in [0.5, 0.6) is 0 Å². The summed E-state index contributed by atoms with van der Waals surface area (Å²) in [5.41, 5.74) is 0.586. The van der Waals surface area contributed by atoms with Crippen molar-refractivity contribution in [1.82, 2.24) is 10.3 Å². The molecule has 2 N–H and O–H groups in total. The highest BCUT2D eigenvalue weighted by molar-refractivity contribution is 7.93. The number of benzene rings is 1. The summed E-state index contributed by atoms with van der Waals surface area (Å²) in [6.45, 7) is 0. The molecule has 0 radical (unpaired) electrons. The molecule has 4 aliphatic carbocycles. The monoisotopic (exact) mass is 431 g/mol. The maximum atomic E-state index is 12.7. The van der Waals surface area contributed by atoms with Crippen molar-refractivity contribution in [2.45, 2.75) is 55.4 Å². The van der Waals surface area contributed by atoms with E-state index < -0.39 is 10.0 Å². The molecule has 154 valence electrons. The molecule has 1 heterocycles. The highest BCUT2D eigenvalue weighted by Gasteiger charge is 2.51. The Balaban J connectivity index is 1.22. The third-order valence-corrected chi connectivity index (χ3v) is 8.90. The molecule has 4 fully saturated rings. The topological polar surface area (TPSA) is 88.2 Å². The Morgan fingerprint density at radius 2 is 1.69 bits per heavy atom. The van der Waals surface area contributed by atoms with Gasteiger partial charge in [-0.2, -0.15) is 0 Å². The van der Waals surface area contributed by atoms with Crippen LogP contribution < -0.4 is 10.0 Å². The molecule has 29 heavy (non-hydrogen) atoms. The second-order valence-electron chi connectivity index (χ2n) is 8.99. The first-order valence-corrected chi connectivity index (χ1v) is 12.6. The van der Waals surface area contributed by atoms with Gasteiger partial charge in [-0.05, 0) is 68.4 Å². The first kappa shape index (κ1) is 19.1. The van der Waals surface area contributed by atoms with Crippen molar-refractivity contribution in [2.75, 3.05) is 4.72 Å². The van der Waals surface area contributed by atoms with Crippen LogP contribution in [-0.2, 0) is 21.2 Å². The molecule has 6 rings (SSSR count). The molecule has 0 saturated heterocycles. The van der Waals surface area contributed by atoms with Crippen molar-refractivity contribution in [3.8, 4) is 0 Å². The first-order chi connectivity index (χ1) is 13.9. The van der Waals surface area contributed by atoms with Crippen LogP contribution in [0.3, 0.4) is 0 Å². The zero-order valence-corrected chi connectivity index (χ0v) is 17.8. The van der Waals surface area contributed by atoms with E-state index in [0.717, 1.165) is 37.0 Å². The van der Waals surface area contributed by atoms with E-state index in [2.05, 4.69) is 15.0 Å². The number of hydrogen-bond donors (Lipinski definition) is 2. The van der Waals surface area contributed by atoms with Gasteiger partial charge < -0.3 is 5.32 Å². The van der Waals surface area contributed by atoms with Gasteiger partial charge in [-0.25, -0.2) is 13.4 Å². The van der Waals surface area contributed by atoms with E-state index in [9.17, 15) is 13.2 Å². The molecule has 0 aliphatic heterocycles. The highest BCUT2D eigenvalue weighted by atomic mass is 32.2. The Labute approximate surface area is 175 Å². The number of nitrogens with zero attached hydrogens (tertiary/aromatic N) is 1. The van der Waals surface area contributed by atoms with Crippen molar-refractivity contribution in [1.29, 1.82) is 0 Å². The number of rotatable bonds is 6. The van der Waals surface area contributed by atoms with Crippen LogP contribution in [0.4, 0.5) is 5.13 Å². The Morgan fingerprint density at radius 1 is 1.07 bits per heavy atom. The second-order valence-corrected chi connectivity index (χ2v) is 11.5. The van der Waals surface area contributed by atoms with E-state index >= 15 is 0 Å². The van der Waals surface area contributed by atoms with Gasteiger partial charge in [0, 0.05) is 10.9 Å². The minimum absolute atomic E-state index is 0.00489. The number of thiazole rings is 1. The molecule has 2 aromatic rings. The van der Waals surface area contributed by atoms with Crippen LogP contribution in [0.1, 0.15) is 44.2 Å². The zero-order valence-electron chi connectivity index (χ0n) is 16.1. The minimum Gasteiger partial charge on any atom is -0.350 e. The minimum atomic E-state index is -3.67. The van der Waals surface area contributed by atoms with E-state index in [1.165, 1.54) is 42.7 Å². The van der Waals surface area contributed by atoms with Crippen LogP contribution in [0, 0.1) is 17.8 Å². The summed E-state index contributed by atoms with van der Waals surface area (Å²) in [7, 11) is -3.67. The molecule has 4 bridgehead atoms. The van der Waals surface area contributed by atoms with Gasteiger partial charge in [0.05, 0.1) is 17.0 Å². The number of anilines is 1. The van der Waals surface area contributed by atoms with Gasteiger partial charge in [0.1, 0.15) is 0 Å². The molecule has 1 aromatic carbocycles. The largest absolute Gasteiger partial charge is 0.350 e. The summed E-state index contributed by atoms with van der Waals surface area (Å²) < 4.78 is 27.4. The van der Waals surface area contributed by atoms with Crippen LogP contribution >= 0.6 is 11.3 Å². The number of aromatic nitrogens is 1. The Morgan fingerprint density at radius 3 is 2.31 bits per heavy atom. The highest BCUT2D eigenvalue weighted by Crippen LogP contribution is 2.55. The molecule has 0 atom stereocenters. The summed E-state index contributed by atoms with van der Waals surface area (Å²) in [4.78, 5) is 17.2. The van der Waals surface area contributed by atoms with Crippen LogP contribution in [0.2, 0.25) is 0 Å². The fraction of sp³-hybridized carbons (Fsp3) is 0.524. The summed E-state index contributed by atoms with van der Waals surface area (Å²) in [6, 6.07) is 8.20. The lowest BCUT2D eigenvalue weighted by atomic mass is 9.53.